The molecule has 0 bridgehead atoms. The van der Waals surface area contributed by atoms with Crippen molar-refractivity contribution in [1.82, 2.24) is 0 Å². The fourth-order valence-corrected chi connectivity index (χ4v) is 4.51. The Kier molecular flexibility index (Phi) is 4.56. The standard InChI is InChI=1S/C18H31O2/c1-13(7-5-11-17(2,3)20)14-9-10-15-16(19)8-6-12-18(14,15)4/h6,14-16,19-20H,1,5,7-12H2,2-4H3/q+1/t14-,15+,16+,18-/m1/s1. The van der Waals surface area contributed by atoms with Gasteiger partial charge in [-0.3, -0.25) is 0 Å². The van der Waals surface area contributed by atoms with Crippen LogP contribution in [-0.2, 0) is 0 Å². The lowest BCUT2D eigenvalue weighted by molar-refractivity contribution is 0.00800. The Morgan fingerprint density at radius 3 is 2.75 bits per heavy atom. The number of fused-ring (bicyclic) bond motifs is 1. The fourth-order valence-electron chi connectivity index (χ4n) is 4.51. The zero-order chi connectivity index (χ0) is 15.0. The minimum absolute atomic E-state index is 0.150. The van der Waals surface area contributed by atoms with Crippen LogP contribution >= 0.6 is 0 Å². The first-order chi connectivity index (χ1) is 9.24. The summed E-state index contributed by atoms with van der Waals surface area (Å²) in [6.07, 6.45) is 9.25. The Bertz CT molecular complexity index is 355. The van der Waals surface area contributed by atoms with Gasteiger partial charge < -0.3 is 10.2 Å². The van der Waals surface area contributed by atoms with Crippen molar-refractivity contribution in [2.24, 2.45) is 17.3 Å². The lowest BCUT2D eigenvalue weighted by atomic mass is 9.62. The average molecular weight is 279 g/mol. The Hall–Kier alpha value is -0.470. The summed E-state index contributed by atoms with van der Waals surface area (Å²) in [5.41, 5.74) is 0.975. The number of rotatable bonds is 5. The van der Waals surface area contributed by atoms with Gasteiger partial charge >= 0.3 is 0 Å². The van der Waals surface area contributed by atoms with Crippen LogP contribution in [0, 0.1) is 23.7 Å². The molecule has 2 fully saturated rings. The Morgan fingerprint density at radius 1 is 1.40 bits per heavy atom. The van der Waals surface area contributed by atoms with E-state index in [-0.39, 0.29) is 11.5 Å². The van der Waals surface area contributed by atoms with E-state index in [1.54, 1.807) is 0 Å². The van der Waals surface area contributed by atoms with Gasteiger partial charge in [-0.2, -0.15) is 0 Å². The SMILES string of the molecule is C=C(CCCC(C)(C)O)[C@H]1CC[C@H]2[C@@H](O)C[CH+]C[C@]12C. The van der Waals surface area contributed by atoms with Gasteiger partial charge in [0, 0.05) is 5.41 Å². The first kappa shape index (κ1) is 15.9. The van der Waals surface area contributed by atoms with Crippen molar-refractivity contribution in [3.63, 3.8) is 0 Å². The molecule has 0 aromatic carbocycles. The van der Waals surface area contributed by atoms with Crippen LogP contribution in [0.3, 0.4) is 0 Å². The molecule has 2 N–H and O–H groups in total. The van der Waals surface area contributed by atoms with E-state index in [0.717, 1.165) is 38.5 Å². The highest BCUT2D eigenvalue weighted by Gasteiger charge is 2.54. The van der Waals surface area contributed by atoms with Crippen molar-refractivity contribution in [2.75, 3.05) is 0 Å². The summed E-state index contributed by atoms with van der Waals surface area (Å²) in [7, 11) is 0. The third-order valence-electron chi connectivity index (χ3n) is 5.65. The molecule has 20 heavy (non-hydrogen) atoms. The Morgan fingerprint density at radius 2 is 2.10 bits per heavy atom. The van der Waals surface area contributed by atoms with Gasteiger partial charge in [0.1, 0.15) is 6.42 Å². The molecule has 0 aliphatic heterocycles. The summed E-state index contributed by atoms with van der Waals surface area (Å²) >= 11 is 0. The van der Waals surface area contributed by atoms with Crippen molar-refractivity contribution in [3.05, 3.63) is 18.6 Å². The summed E-state index contributed by atoms with van der Waals surface area (Å²) in [6, 6.07) is 0. The predicted octanol–water partition coefficient (Wildman–Crippen LogP) is 3.88. The van der Waals surface area contributed by atoms with Gasteiger partial charge in [-0.25, -0.2) is 0 Å². The smallest absolute Gasteiger partial charge is 0.114 e. The highest BCUT2D eigenvalue weighted by Crippen LogP contribution is 2.57. The van der Waals surface area contributed by atoms with E-state index in [1.807, 2.05) is 13.8 Å². The Balaban J connectivity index is 1.94. The molecule has 0 aromatic heterocycles. The molecule has 0 spiro atoms. The second kappa shape index (κ2) is 5.73. The van der Waals surface area contributed by atoms with Crippen molar-refractivity contribution < 1.29 is 10.2 Å². The van der Waals surface area contributed by atoms with E-state index in [9.17, 15) is 10.2 Å². The van der Waals surface area contributed by atoms with Gasteiger partial charge in [0.25, 0.3) is 0 Å². The molecule has 0 heterocycles. The largest absolute Gasteiger partial charge is 0.390 e. The molecule has 2 nitrogen and oxygen atoms in total. The maximum Gasteiger partial charge on any atom is 0.114 e. The molecule has 2 aliphatic carbocycles. The van der Waals surface area contributed by atoms with Crippen molar-refractivity contribution in [1.29, 1.82) is 0 Å². The monoisotopic (exact) mass is 279 g/mol. The molecule has 4 atom stereocenters. The van der Waals surface area contributed by atoms with Crippen LogP contribution in [0.25, 0.3) is 0 Å². The van der Waals surface area contributed by atoms with Crippen molar-refractivity contribution in [3.8, 4) is 0 Å². The summed E-state index contributed by atoms with van der Waals surface area (Å²) in [5, 5.41) is 20.0. The van der Waals surface area contributed by atoms with Gasteiger partial charge in [0.05, 0.1) is 24.5 Å². The van der Waals surface area contributed by atoms with E-state index in [0.29, 0.717) is 11.8 Å². The third-order valence-corrected chi connectivity index (χ3v) is 5.65. The zero-order valence-electron chi connectivity index (χ0n) is 13.4. The lowest BCUT2D eigenvalue weighted by Gasteiger charge is -2.40. The average Bonchev–Trinajstić information content (AvgIpc) is 2.66. The summed E-state index contributed by atoms with van der Waals surface area (Å²) in [4.78, 5) is 0. The van der Waals surface area contributed by atoms with Gasteiger partial charge in [0.2, 0.25) is 0 Å². The van der Waals surface area contributed by atoms with Crippen LogP contribution in [0.1, 0.15) is 65.7 Å². The van der Waals surface area contributed by atoms with E-state index in [2.05, 4.69) is 19.9 Å². The first-order valence-corrected chi connectivity index (χ1v) is 8.14. The minimum Gasteiger partial charge on any atom is -0.390 e. The van der Waals surface area contributed by atoms with E-state index < -0.39 is 5.60 Å². The third kappa shape index (κ3) is 3.23. The number of hydrogen-bond donors (Lipinski definition) is 2. The molecular weight excluding hydrogens is 248 g/mol. The second-order valence-corrected chi connectivity index (χ2v) is 7.86. The molecule has 0 unspecified atom stereocenters. The summed E-state index contributed by atoms with van der Waals surface area (Å²) in [5.74, 6) is 0.990. The van der Waals surface area contributed by atoms with Crippen LogP contribution in [-0.4, -0.2) is 21.9 Å². The summed E-state index contributed by atoms with van der Waals surface area (Å²) in [6.45, 7) is 10.4. The molecule has 2 rings (SSSR count). The maximum atomic E-state index is 10.2. The molecule has 2 aliphatic rings. The highest BCUT2D eigenvalue weighted by atomic mass is 16.3. The van der Waals surface area contributed by atoms with Crippen molar-refractivity contribution >= 4 is 0 Å². The minimum atomic E-state index is -0.572. The second-order valence-electron chi connectivity index (χ2n) is 7.86. The molecule has 2 saturated carbocycles. The van der Waals surface area contributed by atoms with Crippen LogP contribution in [0.15, 0.2) is 12.2 Å². The lowest BCUT2D eigenvalue weighted by Crippen LogP contribution is -2.40. The predicted molar refractivity (Wildman–Crippen MR) is 83.2 cm³/mol. The number of aliphatic hydroxyl groups is 2. The molecule has 114 valence electrons. The van der Waals surface area contributed by atoms with Crippen LogP contribution in [0.2, 0.25) is 0 Å². The van der Waals surface area contributed by atoms with Gasteiger partial charge in [0.15, 0.2) is 0 Å². The van der Waals surface area contributed by atoms with Crippen molar-refractivity contribution in [2.45, 2.75) is 77.4 Å². The molecule has 0 radical (unpaired) electrons. The molecule has 0 amide bonds. The van der Waals surface area contributed by atoms with Gasteiger partial charge in [-0.15, -0.1) is 0 Å². The number of hydrogen-bond acceptors (Lipinski definition) is 2. The summed E-state index contributed by atoms with van der Waals surface area (Å²) < 4.78 is 0. The van der Waals surface area contributed by atoms with Gasteiger partial charge in [-0.1, -0.05) is 19.1 Å². The maximum absolute atomic E-state index is 10.2. The molecule has 2 heteroatoms. The molecule has 0 saturated heterocycles. The molecule has 0 aromatic rings. The number of aliphatic hydroxyl groups excluding tert-OH is 1. The highest BCUT2D eigenvalue weighted by molar-refractivity contribution is 5.15. The number of allylic oxidation sites excluding steroid dienone is 1. The molecular formula is C18H31O2+. The fraction of sp³-hybridized carbons (Fsp3) is 0.833. The zero-order valence-corrected chi connectivity index (χ0v) is 13.4. The van der Waals surface area contributed by atoms with Crippen LogP contribution in [0.4, 0.5) is 0 Å². The first-order valence-electron chi connectivity index (χ1n) is 8.14. The van der Waals surface area contributed by atoms with Crippen LogP contribution in [0.5, 0.6) is 0 Å². The van der Waals surface area contributed by atoms with E-state index in [1.165, 1.54) is 12.0 Å². The van der Waals surface area contributed by atoms with E-state index >= 15 is 0 Å². The van der Waals surface area contributed by atoms with E-state index in [4.69, 9.17) is 0 Å². The van der Waals surface area contributed by atoms with Gasteiger partial charge in [-0.05, 0) is 57.8 Å². The quantitative estimate of drug-likeness (QED) is 0.592. The van der Waals surface area contributed by atoms with Crippen LogP contribution < -0.4 is 0 Å². The topological polar surface area (TPSA) is 40.5 Å². The Labute approximate surface area is 124 Å². The normalized spacial score (nSPS) is 37.4.